The van der Waals surface area contributed by atoms with Crippen molar-refractivity contribution in [3.63, 3.8) is 0 Å². The van der Waals surface area contributed by atoms with Gasteiger partial charge in [-0.3, -0.25) is 9.59 Å². The molecule has 0 aromatic carbocycles. The standard InChI is InChI=1S/C29H45N5O4/c1-18(2)17-38-26-23(25(35)33-24-20-10-19-11-21(24)14-29(37,12-19)13-20)16-32-34(26)9-7-28(3,4)27(36)31-15-22-6-5-8-30-22/h7,9,16,18-22,24,30,37H,5-6,8,10-15,17H2,1-4H3,(H,31,36)(H,33,35)/b9-7+/t19?,20?,21?,22-,24?,29?/m1/s1. The zero-order valence-electron chi connectivity index (χ0n) is 23.3. The van der Waals surface area contributed by atoms with E-state index in [0.29, 0.717) is 48.4 Å². The van der Waals surface area contributed by atoms with Gasteiger partial charge in [0.05, 0.1) is 23.8 Å². The quantitative estimate of drug-likeness (QED) is 0.372. The number of carbonyl (C=O) groups excluding carboxylic acids is 2. The van der Waals surface area contributed by atoms with Crippen LogP contribution in [0.4, 0.5) is 0 Å². The summed E-state index contributed by atoms with van der Waals surface area (Å²) in [4.78, 5) is 26.4. The van der Waals surface area contributed by atoms with Gasteiger partial charge in [-0.05, 0) is 89.0 Å². The largest absolute Gasteiger partial charge is 0.477 e. The molecule has 4 aliphatic carbocycles. The van der Waals surface area contributed by atoms with Crippen LogP contribution in [0.25, 0.3) is 6.20 Å². The number of amides is 2. The van der Waals surface area contributed by atoms with Crippen molar-refractivity contribution in [2.45, 2.75) is 90.3 Å². The molecule has 1 aromatic heterocycles. The van der Waals surface area contributed by atoms with E-state index in [-0.39, 0.29) is 23.8 Å². The molecular formula is C29H45N5O4. The molecular weight excluding hydrogens is 482 g/mol. The van der Waals surface area contributed by atoms with Gasteiger partial charge in [-0.15, -0.1) is 0 Å². The Labute approximate surface area is 226 Å². The Balaban J connectivity index is 1.28. The van der Waals surface area contributed by atoms with Gasteiger partial charge in [0, 0.05) is 24.8 Å². The Bertz CT molecular complexity index is 1040. The van der Waals surface area contributed by atoms with Crippen molar-refractivity contribution >= 4 is 18.0 Å². The van der Waals surface area contributed by atoms with Crippen LogP contribution in [0.5, 0.6) is 5.88 Å². The van der Waals surface area contributed by atoms with Gasteiger partial charge >= 0.3 is 0 Å². The molecule has 1 aliphatic heterocycles. The highest BCUT2D eigenvalue weighted by atomic mass is 16.5. The Kier molecular flexibility index (Phi) is 7.61. The summed E-state index contributed by atoms with van der Waals surface area (Å²) in [5.74, 6) is 1.65. The van der Waals surface area contributed by atoms with Crippen LogP contribution in [-0.2, 0) is 4.79 Å². The Hall–Kier alpha value is -2.39. The molecule has 0 spiro atoms. The number of aromatic nitrogens is 2. The normalized spacial score (nSPS) is 32.3. The third-order valence-corrected chi connectivity index (χ3v) is 8.98. The number of carbonyl (C=O) groups is 2. The minimum atomic E-state index is -0.761. The number of aliphatic hydroxyl groups is 1. The van der Waals surface area contributed by atoms with Gasteiger partial charge in [-0.1, -0.05) is 19.9 Å². The summed E-state index contributed by atoms with van der Waals surface area (Å²) < 4.78 is 7.65. The fourth-order valence-corrected chi connectivity index (χ4v) is 7.16. The van der Waals surface area contributed by atoms with E-state index >= 15 is 0 Å². The van der Waals surface area contributed by atoms with Crippen LogP contribution < -0.4 is 20.7 Å². The summed E-state index contributed by atoms with van der Waals surface area (Å²) >= 11 is 0. The molecule has 4 saturated carbocycles. The van der Waals surface area contributed by atoms with Crippen molar-refractivity contribution in [3.8, 4) is 5.88 Å². The van der Waals surface area contributed by atoms with E-state index in [1.807, 2.05) is 13.8 Å². The fourth-order valence-electron chi connectivity index (χ4n) is 7.16. The molecule has 9 heteroatoms. The van der Waals surface area contributed by atoms with E-state index in [9.17, 15) is 14.7 Å². The van der Waals surface area contributed by atoms with Crippen LogP contribution in [0.3, 0.4) is 0 Å². The van der Waals surface area contributed by atoms with Gasteiger partial charge in [0.15, 0.2) is 0 Å². The minimum Gasteiger partial charge on any atom is -0.477 e. The highest BCUT2D eigenvalue weighted by Crippen LogP contribution is 2.55. The number of hydrogen-bond acceptors (Lipinski definition) is 6. The number of nitrogens with zero attached hydrogens (tertiary/aromatic N) is 2. The summed E-state index contributed by atoms with van der Waals surface area (Å²) in [6.45, 7) is 9.92. The molecule has 38 heavy (non-hydrogen) atoms. The zero-order chi connectivity index (χ0) is 27.1. The number of rotatable bonds is 10. The van der Waals surface area contributed by atoms with Crippen LogP contribution in [0.2, 0.25) is 0 Å². The van der Waals surface area contributed by atoms with Crippen molar-refractivity contribution in [2.24, 2.45) is 29.1 Å². The first-order valence-electron chi connectivity index (χ1n) is 14.5. The van der Waals surface area contributed by atoms with Crippen molar-refractivity contribution in [1.29, 1.82) is 0 Å². The molecule has 3 atom stereocenters. The lowest BCUT2D eigenvalue weighted by Gasteiger charge is -2.58. The predicted molar refractivity (Wildman–Crippen MR) is 145 cm³/mol. The monoisotopic (exact) mass is 527 g/mol. The molecule has 2 amide bonds. The van der Waals surface area contributed by atoms with Crippen molar-refractivity contribution < 1.29 is 19.4 Å². The van der Waals surface area contributed by atoms with E-state index in [4.69, 9.17) is 4.74 Å². The van der Waals surface area contributed by atoms with Crippen LogP contribution >= 0.6 is 0 Å². The van der Waals surface area contributed by atoms with E-state index in [1.54, 1.807) is 23.2 Å². The van der Waals surface area contributed by atoms with Crippen LogP contribution in [-0.4, -0.2) is 64.1 Å². The van der Waals surface area contributed by atoms with Gasteiger partial charge < -0.3 is 25.8 Å². The van der Waals surface area contributed by atoms with Crippen LogP contribution in [0, 0.1) is 29.1 Å². The molecule has 2 heterocycles. The van der Waals surface area contributed by atoms with Gasteiger partial charge in [-0.2, -0.15) is 5.10 Å². The molecule has 210 valence electrons. The first-order valence-corrected chi connectivity index (χ1v) is 14.5. The Morgan fingerprint density at radius 1 is 1.29 bits per heavy atom. The van der Waals surface area contributed by atoms with Gasteiger partial charge in [0.1, 0.15) is 5.56 Å². The molecule has 9 nitrogen and oxygen atoms in total. The molecule has 2 unspecified atom stereocenters. The van der Waals surface area contributed by atoms with Gasteiger partial charge in [-0.25, -0.2) is 4.68 Å². The Morgan fingerprint density at radius 3 is 2.66 bits per heavy atom. The summed E-state index contributed by atoms with van der Waals surface area (Å²) in [5.41, 5.74) is -0.897. The Morgan fingerprint density at radius 2 is 2.03 bits per heavy atom. The second kappa shape index (κ2) is 10.6. The molecule has 5 fully saturated rings. The van der Waals surface area contributed by atoms with E-state index in [2.05, 4.69) is 34.9 Å². The average molecular weight is 528 g/mol. The maximum absolute atomic E-state index is 13.5. The highest BCUT2D eigenvalue weighted by Gasteiger charge is 2.55. The van der Waals surface area contributed by atoms with Crippen molar-refractivity contribution in [2.75, 3.05) is 19.7 Å². The van der Waals surface area contributed by atoms with Crippen LogP contribution in [0.15, 0.2) is 12.3 Å². The lowest BCUT2D eigenvalue weighted by Crippen LogP contribution is -2.61. The molecule has 1 aromatic rings. The molecule has 5 aliphatic rings. The number of hydrogen-bond donors (Lipinski definition) is 4. The summed E-state index contributed by atoms with van der Waals surface area (Å²) in [5, 5.41) is 25.1. The smallest absolute Gasteiger partial charge is 0.258 e. The topological polar surface area (TPSA) is 118 Å². The average Bonchev–Trinajstić information content (AvgIpc) is 3.51. The second-order valence-electron chi connectivity index (χ2n) is 13.2. The van der Waals surface area contributed by atoms with Crippen molar-refractivity contribution in [1.82, 2.24) is 25.7 Å². The molecule has 0 radical (unpaired) electrons. The minimum absolute atomic E-state index is 0.0548. The summed E-state index contributed by atoms with van der Waals surface area (Å²) in [6.07, 6.45) is 11.9. The highest BCUT2D eigenvalue weighted by molar-refractivity contribution is 5.96. The molecule has 4 bridgehead atoms. The van der Waals surface area contributed by atoms with Crippen molar-refractivity contribution in [3.05, 3.63) is 17.8 Å². The lowest BCUT2D eigenvalue weighted by molar-refractivity contribution is -0.137. The summed E-state index contributed by atoms with van der Waals surface area (Å²) in [6, 6.07) is 0.410. The predicted octanol–water partition coefficient (Wildman–Crippen LogP) is 2.95. The third kappa shape index (κ3) is 5.78. The summed E-state index contributed by atoms with van der Waals surface area (Å²) in [7, 11) is 0. The second-order valence-corrected chi connectivity index (χ2v) is 13.2. The number of ether oxygens (including phenoxy) is 1. The molecule has 6 rings (SSSR count). The van der Waals surface area contributed by atoms with Gasteiger partial charge in [0.2, 0.25) is 11.8 Å². The fraction of sp³-hybridized carbons (Fsp3) is 0.759. The lowest BCUT2D eigenvalue weighted by atomic mass is 9.52. The maximum atomic E-state index is 13.5. The van der Waals surface area contributed by atoms with E-state index in [1.165, 1.54) is 0 Å². The maximum Gasteiger partial charge on any atom is 0.258 e. The third-order valence-electron chi connectivity index (χ3n) is 8.98. The van der Waals surface area contributed by atoms with Crippen LogP contribution in [0.1, 0.15) is 83.0 Å². The first kappa shape index (κ1) is 27.2. The zero-order valence-corrected chi connectivity index (χ0v) is 23.3. The van der Waals surface area contributed by atoms with E-state index in [0.717, 1.165) is 51.5 Å². The first-order chi connectivity index (χ1) is 18.0. The van der Waals surface area contributed by atoms with Gasteiger partial charge in [0.25, 0.3) is 5.91 Å². The number of nitrogens with one attached hydrogen (secondary N) is 3. The molecule has 1 saturated heterocycles. The SMILES string of the molecule is CC(C)COc1c(C(=O)NC2C3CC4CC2CC(O)(C4)C3)cnn1/C=C/C(C)(C)C(=O)NC[C@H]1CCCN1. The van der Waals surface area contributed by atoms with E-state index < -0.39 is 11.0 Å². The molecule has 4 N–H and O–H groups in total.